The number of carbonyl (C=O) groups excluding carboxylic acids is 1. The summed E-state index contributed by atoms with van der Waals surface area (Å²) < 4.78 is 11.1. The number of aryl methyl sites for hydroxylation is 1. The molecule has 122 valence electrons. The van der Waals surface area contributed by atoms with E-state index in [0.29, 0.717) is 16.7 Å². The molecule has 4 nitrogen and oxygen atoms in total. The fraction of sp³-hybridized carbons (Fsp3) is 0.158. The molecule has 0 saturated heterocycles. The molecule has 0 fully saturated rings. The number of aromatic nitrogens is 1. The lowest BCUT2D eigenvalue weighted by Crippen LogP contribution is -2.11. The summed E-state index contributed by atoms with van der Waals surface area (Å²) in [6, 6.07) is 16.7. The molecule has 2 aromatic carbocycles. The van der Waals surface area contributed by atoms with Crippen LogP contribution in [0.2, 0.25) is 5.02 Å². The number of hydrogen-bond acceptors (Lipinski definition) is 4. The van der Waals surface area contributed by atoms with Crippen LogP contribution in [0.5, 0.6) is 0 Å². The summed E-state index contributed by atoms with van der Waals surface area (Å²) in [4.78, 5) is 16.7. The van der Waals surface area contributed by atoms with Gasteiger partial charge >= 0.3 is 5.97 Å². The fourth-order valence-electron chi connectivity index (χ4n) is 2.37. The highest BCUT2D eigenvalue weighted by Gasteiger charge is 2.22. The van der Waals surface area contributed by atoms with Gasteiger partial charge in [0.2, 0.25) is 5.89 Å². The Morgan fingerprint density at radius 3 is 2.50 bits per heavy atom. The molecule has 24 heavy (non-hydrogen) atoms. The van der Waals surface area contributed by atoms with E-state index in [1.807, 2.05) is 48.5 Å². The van der Waals surface area contributed by atoms with E-state index in [0.717, 1.165) is 11.1 Å². The number of ether oxygens (including phenoxy) is 1. The normalized spacial score (nSPS) is 12.0. The molecule has 5 heteroatoms. The molecule has 0 radical (unpaired) electrons. The van der Waals surface area contributed by atoms with Crippen molar-refractivity contribution in [2.45, 2.75) is 20.0 Å². The van der Waals surface area contributed by atoms with Crippen LogP contribution < -0.4 is 0 Å². The van der Waals surface area contributed by atoms with Gasteiger partial charge < -0.3 is 9.15 Å². The zero-order chi connectivity index (χ0) is 17.1. The molecule has 3 aromatic rings. The molecule has 0 aliphatic heterocycles. The Balaban J connectivity index is 1.81. The van der Waals surface area contributed by atoms with E-state index in [1.54, 1.807) is 19.9 Å². The van der Waals surface area contributed by atoms with Gasteiger partial charge in [0.15, 0.2) is 5.69 Å². The van der Waals surface area contributed by atoms with E-state index < -0.39 is 12.1 Å². The average molecular weight is 342 g/mol. The minimum atomic E-state index is -0.536. The molecule has 1 aromatic heterocycles. The van der Waals surface area contributed by atoms with Crippen molar-refractivity contribution >= 4 is 17.6 Å². The number of esters is 1. The first kappa shape index (κ1) is 16.3. The first-order valence-electron chi connectivity index (χ1n) is 7.54. The number of halogens is 1. The first-order valence-corrected chi connectivity index (χ1v) is 7.92. The van der Waals surface area contributed by atoms with Crippen LogP contribution in [-0.2, 0) is 4.74 Å². The van der Waals surface area contributed by atoms with E-state index in [4.69, 9.17) is 20.8 Å². The maximum absolute atomic E-state index is 12.4. The third-order valence-corrected chi connectivity index (χ3v) is 3.98. The highest BCUT2D eigenvalue weighted by molar-refractivity contribution is 6.31. The van der Waals surface area contributed by atoms with Gasteiger partial charge in [-0.2, -0.15) is 0 Å². The molecule has 0 N–H and O–H groups in total. The van der Waals surface area contributed by atoms with Gasteiger partial charge in [-0.3, -0.25) is 0 Å². The molecule has 0 unspecified atom stereocenters. The van der Waals surface area contributed by atoms with Crippen molar-refractivity contribution in [2.24, 2.45) is 0 Å². The van der Waals surface area contributed by atoms with Crippen LogP contribution in [0, 0.1) is 6.92 Å². The van der Waals surface area contributed by atoms with Crippen molar-refractivity contribution in [3.63, 3.8) is 0 Å². The summed E-state index contributed by atoms with van der Waals surface area (Å²) in [7, 11) is 0. The topological polar surface area (TPSA) is 52.3 Å². The second-order valence-electron chi connectivity index (χ2n) is 5.36. The quantitative estimate of drug-likeness (QED) is 0.610. The zero-order valence-corrected chi connectivity index (χ0v) is 14.1. The molecular weight excluding hydrogens is 326 g/mol. The molecule has 1 heterocycles. The summed E-state index contributed by atoms with van der Waals surface area (Å²) in [5.74, 6) is 0.279. The lowest BCUT2D eigenvalue weighted by molar-refractivity contribution is 0.0330. The lowest BCUT2D eigenvalue weighted by atomic mass is 10.1. The van der Waals surface area contributed by atoms with Crippen LogP contribution >= 0.6 is 11.6 Å². The lowest BCUT2D eigenvalue weighted by Gasteiger charge is -2.14. The van der Waals surface area contributed by atoms with E-state index in [2.05, 4.69) is 4.98 Å². The van der Waals surface area contributed by atoms with Crippen molar-refractivity contribution in [1.29, 1.82) is 0 Å². The van der Waals surface area contributed by atoms with Crippen LogP contribution in [0.3, 0.4) is 0 Å². The van der Waals surface area contributed by atoms with Crippen molar-refractivity contribution in [3.8, 4) is 11.5 Å². The van der Waals surface area contributed by atoms with Gasteiger partial charge in [-0.25, -0.2) is 9.78 Å². The Kier molecular flexibility index (Phi) is 4.67. The molecule has 0 saturated carbocycles. The molecule has 0 bridgehead atoms. The van der Waals surface area contributed by atoms with Gasteiger partial charge in [-0.05, 0) is 32.0 Å². The standard InChI is InChI=1S/C19H16ClNO3/c1-12(15-10-6-7-11-16(15)20)24-19(22)17-13(2)23-18(21-17)14-8-4-3-5-9-14/h3-12H,1-2H3/t12-/m0/s1. The Bertz CT molecular complexity index is 858. The van der Waals surface area contributed by atoms with Crippen molar-refractivity contribution < 1.29 is 13.9 Å². The molecule has 0 aliphatic rings. The summed E-state index contributed by atoms with van der Waals surface area (Å²) in [5, 5.41) is 0.555. The predicted molar refractivity (Wildman–Crippen MR) is 92.0 cm³/mol. The minimum absolute atomic E-state index is 0.174. The minimum Gasteiger partial charge on any atom is -0.453 e. The number of carbonyl (C=O) groups is 1. The smallest absolute Gasteiger partial charge is 0.361 e. The average Bonchev–Trinajstić information content (AvgIpc) is 2.98. The van der Waals surface area contributed by atoms with Gasteiger partial charge in [0, 0.05) is 16.1 Å². The fourth-order valence-corrected chi connectivity index (χ4v) is 2.66. The Morgan fingerprint density at radius 2 is 1.79 bits per heavy atom. The number of hydrogen-bond donors (Lipinski definition) is 0. The Labute approximate surface area is 145 Å². The van der Waals surface area contributed by atoms with Crippen LogP contribution in [0.25, 0.3) is 11.5 Å². The third-order valence-electron chi connectivity index (χ3n) is 3.64. The summed E-state index contributed by atoms with van der Waals surface area (Å²) in [6.45, 7) is 3.46. The van der Waals surface area contributed by atoms with E-state index in [-0.39, 0.29) is 5.69 Å². The molecule has 0 spiro atoms. The zero-order valence-electron chi connectivity index (χ0n) is 13.3. The molecule has 3 rings (SSSR count). The van der Waals surface area contributed by atoms with Crippen LogP contribution in [-0.4, -0.2) is 11.0 Å². The summed E-state index contributed by atoms with van der Waals surface area (Å²) in [6.07, 6.45) is -0.484. The largest absolute Gasteiger partial charge is 0.453 e. The number of benzene rings is 2. The summed E-state index contributed by atoms with van der Waals surface area (Å²) >= 11 is 6.14. The van der Waals surface area contributed by atoms with E-state index in [9.17, 15) is 4.79 Å². The van der Waals surface area contributed by atoms with Crippen LogP contribution in [0.4, 0.5) is 0 Å². The van der Waals surface area contributed by atoms with E-state index in [1.165, 1.54) is 0 Å². The van der Waals surface area contributed by atoms with Crippen molar-refractivity contribution in [3.05, 3.63) is 76.6 Å². The highest BCUT2D eigenvalue weighted by atomic mass is 35.5. The maximum Gasteiger partial charge on any atom is 0.361 e. The maximum atomic E-state index is 12.4. The van der Waals surface area contributed by atoms with Crippen molar-refractivity contribution in [2.75, 3.05) is 0 Å². The Morgan fingerprint density at radius 1 is 1.12 bits per heavy atom. The second-order valence-corrected chi connectivity index (χ2v) is 5.77. The van der Waals surface area contributed by atoms with Gasteiger partial charge in [0.1, 0.15) is 11.9 Å². The molecular formula is C19H16ClNO3. The van der Waals surface area contributed by atoms with E-state index >= 15 is 0 Å². The van der Waals surface area contributed by atoms with Gasteiger partial charge in [0.25, 0.3) is 0 Å². The Hall–Kier alpha value is -2.59. The number of nitrogens with zero attached hydrogens (tertiary/aromatic N) is 1. The monoisotopic (exact) mass is 341 g/mol. The SMILES string of the molecule is Cc1oc(-c2ccccc2)nc1C(=O)O[C@@H](C)c1ccccc1Cl. The van der Waals surface area contributed by atoms with Gasteiger partial charge in [-0.15, -0.1) is 0 Å². The third kappa shape index (κ3) is 3.34. The molecule has 1 atom stereocenters. The van der Waals surface area contributed by atoms with Gasteiger partial charge in [0.05, 0.1) is 0 Å². The number of rotatable bonds is 4. The second kappa shape index (κ2) is 6.89. The van der Waals surface area contributed by atoms with Crippen LogP contribution in [0.1, 0.15) is 34.8 Å². The predicted octanol–water partition coefficient (Wildman–Crippen LogP) is 5.22. The molecule has 0 amide bonds. The number of oxazole rings is 1. The highest BCUT2D eigenvalue weighted by Crippen LogP contribution is 2.27. The summed E-state index contributed by atoms with van der Waals surface area (Å²) in [5.41, 5.74) is 1.73. The van der Waals surface area contributed by atoms with Crippen molar-refractivity contribution in [1.82, 2.24) is 4.98 Å². The van der Waals surface area contributed by atoms with Gasteiger partial charge in [-0.1, -0.05) is 48.0 Å². The van der Waals surface area contributed by atoms with Crippen LogP contribution in [0.15, 0.2) is 59.0 Å². The first-order chi connectivity index (χ1) is 11.6. The molecule has 0 aliphatic carbocycles.